The molecule has 6 nitrogen and oxygen atoms in total. The molecule has 4 rings (SSSR count). The average Bonchev–Trinajstić information content (AvgIpc) is 3.15. The summed E-state index contributed by atoms with van der Waals surface area (Å²) >= 11 is 2.53. The first-order chi connectivity index (χ1) is 14.1. The molecule has 2 unspecified atom stereocenters. The quantitative estimate of drug-likeness (QED) is 0.456. The predicted octanol–water partition coefficient (Wildman–Crippen LogP) is 3.79. The molecule has 1 fully saturated rings. The van der Waals surface area contributed by atoms with Crippen LogP contribution in [0.1, 0.15) is 61.3 Å². The smallest absolute Gasteiger partial charge is 0.0996 e. The number of likely N-dealkylation sites (tertiary alicyclic amines) is 1. The van der Waals surface area contributed by atoms with Gasteiger partial charge < -0.3 is 4.90 Å². The highest BCUT2D eigenvalue weighted by atomic mass is 127. The normalized spacial score (nSPS) is 22.0. The van der Waals surface area contributed by atoms with E-state index >= 15 is 0 Å². The minimum atomic E-state index is 0.378. The zero-order valence-electron chi connectivity index (χ0n) is 17.6. The van der Waals surface area contributed by atoms with Gasteiger partial charge in [0.1, 0.15) is 0 Å². The molecule has 3 heterocycles. The number of alkyl halides is 1. The summed E-state index contributed by atoms with van der Waals surface area (Å²) in [7, 11) is 2.20. The second-order valence-corrected chi connectivity index (χ2v) is 10.9. The Morgan fingerprint density at radius 2 is 2.03 bits per heavy atom. The molecule has 0 saturated carbocycles. The molecule has 0 amide bonds. The van der Waals surface area contributed by atoms with Crippen molar-refractivity contribution in [2.75, 3.05) is 26.7 Å². The van der Waals surface area contributed by atoms with Crippen LogP contribution >= 0.6 is 22.6 Å². The van der Waals surface area contributed by atoms with Crippen LogP contribution in [0, 0.1) is 5.92 Å². The third-order valence-corrected chi connectivity index (χ3v) is 6.89. The van der Waals surface area contributed by atoms with Crippen molar-refractivity contribution in [3.05, 3.63) is 41.0 Å². The fourth-order valence-corrected chi connectivity index (χ4v) is 5.48. The Morgan fingerprint density at radius 3 is 2.83 bits per heavy atom. The maximum atomic E-state index is 4.70. The van der Waals surface area contributed by atoms with Crippen molar-refractivity contribution in [1.82, 2.24) is 30.2 Å². The Morgan fingerprint density at radius 1 is 1.24 bits per heavy atom. The lowest BCUT2D eigenvalue weighted by Gasteiger charge is -2.33. The Balaban J connectivity index is 1.35. The molecule has 29 heavy (non-hydrogen) atoms. The van der Waals surface area contributed by atoms with Gasteiger partial charge in [-0.25, -0.2) is 0 Å². The third-order valence-electron chi connectivity index (χ3n) is 6.50. The van der Waals surface area contributed by atoms with E-state index in [2.05, 4.69) is 73.9 Å². The van der Waals surface area contributed by atoms with Crippen LogP contribution in [0.2, 0.25) is 0 Å². The highest BCUT2D eigenvalue weighted by Gasteiger charge is 2.27. The van der Waals surface area contributed by atoms with E-state index in [1.165, 1.54) is 56.6 Å². The predicted molar refractivity (Wildman–Crippen MR) is 124 cm³/mol. The lowest BCUT2D eigenvalue weighted by Crippen LogP contribution is -2.37. The Kier molecular flexibility index (Phi) is 7.18. The molecule has 1 saturated heterocycles. The molecule has 2 aromatic rings. The van der Waals surface area contributed by atoms with Crippen LogP contribution in [0.25, 0.3) is 0 Å². The molecular formula is C22H33IN6. The molecule has 1 N–H and O–H groups in total. The number of aromatic nitrogens is 4. The van der Waals surface area contributed by atoms with Crippen LogP contribution in [0.15, 0.2) is 18.3 Å². The van der Waals surface area contributed by atoms with Gasteiger partial charge in [0.2, 0.25) is 0 Å². The zero-order chi connectivity index (χ0) is 20.2. The highest BCUT2D eigenvalue weighted by molar-refractivity contribution is 14.1. The molecule has 7 heteroatoms. The summed E-state index contributed by atoms with van der Waals surface area (Å²) in [6, 6.07) is 4.67. The van der Waals surface area contributed by atoms with Gasteiger partial charge in [-0.15, -0.1) is 0 Å². The van der Waals surface area contributed by atoms with Gasteiger partial charge in [-0.2, -0.15) is 15.4 Å². The van der Waals surface area contributed by atoms with Crippen molar-refractivity contribution < 1.29 is 0 Å². The second kappa shape index (κ2) is 9.83. The van der Waals surface area contributed by atoms with Gasteiger partial charge in [0.15, 0.2) is 0 Å². The molecule has 0 spiro atoms. The average molecular weight is 508 g/mol. The summed E-state index contributed by atoms with van der Waals surface area (Å²) in [5.41, 5.74) is 4.93. The molecule has 1 aliphatic heterocycles. The van der Waals surface area contributed by atoms with Gasteiger partial charge in [0.25, 0.3) is 0 Å². The van der Waals surface area contributed by atoms with Crippen LogP contribution in [0.5, 0.6) is 0 Å². The van der Waals surface area contributed by atoms with Crippen molar-refractivity contribution in [3.8, 4) is 0 Å². The minimum Gasteiger partial charge on any atom is -0.302 e. The highest BCUT2D eigenvalue weighted by Crippen LogP contribution is 2.33. The van der Waals surface area contributed by atoms with Gasteiger partial charge in [0.05, 0.1) is 23.1 Å². The molecule has 0 aromatic carbocycles. The van der Waals surface area contributed by atoms with Gasteiger partial charge >= 0.3 is 0 Å². The molecule has 2 atom stereocenters. The van der Waals surface area contributed by atoms with E-state index in [1.807, 2.05) is 6.20 Å². The number of nitrogens with one attached hydrogen (secondary N) is 1. The number of H-pyrrole nitrogens is 1. The molecule has 2 aromatic heterocycles. The molecule has 0 radical (unpaired) electrons. The topological polar surface area (TPSA) is 60.9 Å². The SMILES string of the molecule is CC(I)CN1CCC(Cc2n[nH]nc2CN(C)C2CCCc3cccnc32)CC1. The maximum Gasteiger partial charge on any atom is 0.0996 e. The maximum absolute atomic E-state index is 4.70. The van der Waals surface area contributed by atoms with Crippen LogP contribution in [0.4, 0.5) is 0 Å². The number of hydrogen-bond acceptors (Lipinski definition) is 5. The van der Waals surface area contributed by atoms with Crippen molar-refractivity contribution in [1.29, 1.82) is 0 Å². The minimum absolute atomic E-state index is 0.378. The van der Waals surface area contributed by atoms with E-state index in [9.17, 15) is 0 Å². The van der Waals surface area contributed by atoms with Crippen molar-refractivity contribution >= 4 is 22.6 Å². The fraction of sp³-hybridized carbons (Fsp3) is 0.682. The number of rotatable bonds is 7. The summed E-state index contributed by atoms with van der Waals surface area (Å²) < 4.78 is 0.723. The third kappa shape index (κ3) is 5.35. The first kappa shape index (κ1) is 21.2. The fourth-order valence-electron chi connectivity index (χ4n) is 4.93. The molecular weight excluding hydrogens is 475 g/mol. The van der Waals surface area contributed by atoms with E-state index < -0.39 is 0 Å². The van der Waals surface area contributed by atoms with Gasteiger partial charge in [0, 0.05) is 23.2 Å². The Labute approximate surface area is 188 Å². The number of pyridine rings is 1. The standard InChI is InChI=1S/C22H33IN6/c1-16(23)14-29-11-8-17(9-12-29)13-19-20(26-27-25-19)15-28(2)21-7-3-5-18-6-4-10-24-22(18)21/h4,6,10,16-17,21H,3,5,7-9,11-15H2,1-2H3,(H,25,26,27). The second-order valence-electron chi connectivity index (χ2n) is 8.82. The zero-order valence-corrected chi connectivity index (χ0v) is 19.8. The van der Waals surface area contributed by atoms with Crippen molar-refractivity contribution in [3.63, 3.8) is 0 Å². The van der Waals surface area contributed by atoms with Crippen LogP contribution in [-0.4, -0.2) is 60.8 Å². The van der Waals surface area contributed by atoms with E-state index in [4.69, 9.17) is 4.98 Å². The molecule has 0 bridgehead atoms. The van der Waals surface area contributed by atoms with E-state index in [0.29, 0.717) is 6.04 Å². The molecule has 1 aliphatic carbocycles. The largest absolute Gasteiger partial charge is 0.302 e. The summed E-state index contributed by atoms with van der Waals surface area (Å²) in [4.78, 5) is 9.73. The van der Waals surface area contributed by atoms with Crippen LogP contribution < -0.4 is 0 Å². The van der Waals surface area contributed by atoms with Crippen molar-refractivity contribution in [2.24, 2.45) is 5.92 Å². The first-order valence-corrected chi connectivity index (χ1v) is 12.2. The molecule has 158 valence electrons. The number of fused-ring (bicyclic) bond motifs is 1. The van der Waals surface area contributed by atoms with Crippen molar-refractivity contribution in [2.45, 2.75) is 62.0 Å². The van der Waals surface area contributed by atoms with Gasteiger partial charge in [-0.3, -0.25) is 9.88 Å². The van der Waals surface area contributed by atoms with Gasteiger partial charge in [-0.1, -0.05) is 35.6 Å². The van der Waals surface area contributed by atoms with Gasteiger partial charge in [-0.05, 0) is 76.2 Å². The Bertz CT molecular complexity index is 783. The number of nitrogens with zero attached hydrogens (tertiary/aromatic N) is 5. The van der Waals surface area contributed by atoms with Crippen LogP contribution in [-0.2, 0) is 19.4 Å². The van der Waals surface area contributed by atoms with E-state index in [1.54, 1.807) is 0 Å². The number of hydrogen-bond donors (Lipinski definition) is 1. The summed E-state index contributed by atoms with van der Waals surface area (Å²) in [5.74, 6) is 0.724. The summed E-state index contributed by atoms with van der Waals surface area (Å²) in [6.45, 7) is 6.78. The molecule has 2 aliphatic rings. The first-order valence-electron chi connectivity index (χ1n) is 11.0. The Hall–Kier alpha value is -1.06. The van der Waals surface area contributed by atoms with E-state index in [-0.39, 0.29) is 0 Å². The lowest BCUT2D eigenvalue weighted by atomic mass is 9.90. The lowest BCUT2D eigenvalue weighted by molar-refractivity contribution is 0.185. The number of aryl methyl sites for hydroxylation is 1. The summed E-state index contributed by atoms with van der Waals surface area (Å²) in [6.07, 6.45) is 9.06. The van der Waals surface area contributed by atoms with E-state index in [0.717, 1.165) is 40.6 Å². The number of aromatic amines is 1. The number of halogens is 1. The summed E-state index contributed by atoms with van der Waals surface area (Å²) in [5, 5.41) is 11.9. The monoisotopic (exact) mass is 508 g/mol. The van der Waals surface area contributed by atoms with Crippen LogP contribution in [0.3, 0.4) is 0 Å². The number of piperidine rings is 1.